The molecule has 1 saturated heterocycles. The van der Waals surface area contributed by atoms with Gasteiger partial charge in [0.1, 0.15) is 5.76 Å². The molecule has 7 nitrogen and oxygen atoms in total. The summed E-state index contributed by atoms with van der Waals surface area (Å²) < 4.78 is 10.3. The number of rotatable bonds is 9. The first-order chi connectivity index (χ1) is 12.2. The van der Waals surface area contributed by atoms with Crippen molar-refractivity contribution in [3.63, 3.8) is 0 Å². The summed E-state index contributed by atoms with van der Waals surface area (Å²) in [5.74, 6) is 1.60. The van der Waals surface area contributed by atoms with Crippen molar-refractivity contribution in [2.24, 2.45) is 4.99 Å². The van der Waals surface area contributed by atoms with Crippen molar-refractivity contribution < 1.29 is 13.9 Å². The molecule has 0 aliphatic carbocycles. The van der Waals surface area contributed by atoms with Crippen molar-refractivity contribution in [2.75, 3.05) is 40.3 Å². The second-order valence-electron chi connectivity index (χ2n) is 6.19. The summed E-state index contributed by atoms with van der Waals surface area (Å²) in [5.41, 5.74) is 0. The zero-order valence-electron chi connectivity index (χ0n) is 15.7. The number of nitrogens with one attached hydrogen (secondary N) is 2. The molecule has 1 aliphatic rings. The van der Waals surface area contributed by atoms with Gasteiger partial charge < -0.3 is 19.8 Å². The fraction of sp³-hybridized carbons (Fsp3) is 0.667. The van der Waals surface area contributed by atoms with Crippen LogP contribution >= 0.6 is 24.0 Å². The van der Waals surface area contributed by atoms with Crippen LogP contribution in [0.4, 0.5) is 0 Å². The van der Waals surface area contributed by atoms with E-state index < -0.39 is 0 Å². The second kappa shape index (κ2) is 13.0. The molecule has 1 aliphatic heterocycles. The lowest BCUT2D eigenvalue weighted by atomic mass is 10.2. The van der Waals surface area contributed by atoms with Crippen LogP contribution in [0.25, 0.3) is 0 Å². The number of carbonyl (C=O) groups is 1. The minimum atomic E-state index is -0.158. The molecule has 1 atom stereocenters. The number of nitrogens with zero attached hydrogens (tertiary/aromatic N) is 2. The lowest BCUT2D eigenvalue weighted by Crippen LogP contribution is -2.42. The molecular weight excluding hydrogens is 447 g/mol. The summed E-state index contributed by atoms with van der Waals surface area (Å²) in [5, 5.41) is 6.68. The van der Waals surface area contributed by atoms with Crippen LogP contribution in [0.2, 0.25) is 0 Å². The number of halogens is 1. The quantitative estimate of drug-likeness (QED) is 0.187. The van der Waals surface area contributed by atoms with Gasteiger partial charge in [0.25, 0.3) is 0 Å². The van der Waals surface area contributed by atoms with E-state index in [0.717, 1.165) is 50.7 Å². The fourth-order valence-corrected chi connectivity index (χ4v) is 3.06. The lowest BCUT2D eigenvalue weighted by molar-refractivity contribution is -0.140. The first-order valence-electron chi connectivity index (χ1n) is 9.03. The van der Waals surface area contributed by atoms with Gasteiger partial charge in [-0.3, -0.25) is 14.7 Å². The van der Waals surface area contributed by atoms with Gasteiger partial charge in [-0.2, -0.15) is 0 Å². The van der Waals surface area contributed by atoms with Crippen molar-refractivity contribution in [1.82, 2.24) is 15.5 Å². The monoisotopic (exact) mass is 478 g/mol. The maximum Gasteiger partial charge on any atom is 0.305 e. The Labute approximate surface area is 173 Å². The Kier molecular flexibility index (Phi) is 11.3. The molecule has 26 heavy (non-hydrogen) atoms. The van der Waals surface area contributed by atoms with E-state index in [1.54, 1.807) is 13.3 Å². The molecule has 0 saturated carbocycles. The molecule has 148 valence electrons. The summed E-state index contributed by atoms with van der Waals surface area (Å²) in [4.78, 5) is 17.8. The molecular formula is C18H31IN4O3. The van der Waals surface area contributed by atoms with E-state index in [1.807, 2.05) is 12.1 Å². The molecule has 8 heteroatoms. The van der Waals surface area contributed by atoms with Crippen LogP contribution in [-0.4, -0.2) is 57.2 Å². The van der Waals surface area contributed by atoms with Crippen LogP contribution < -0.4 is 10.6 Å². The standard InChI is InChI=1S/C18H30N4O3.HI/c1-19-18(20-10-4-3-9-17(23)24-2)21-14-15(16-8-7-13-25-16)22-11-5-6-12-22;/h7-8,13,15H,3-6,9-12,14H2,1-2H3,(H2,19,20,21);1H. The van der Waals surface area contributed by atoms with Crippen LogP contribution in [0.5, 0.6) is 0 Å². The molecule has 2 heterocycles. The molecule has 1 unspecified atom stereocenters. The number of esters is 1. The van der Waals surface area contributed by atoms with E-state index in [0.29, 0.717) is 6.42 Å². The van der Waals surface area contributed by atoms with Crippen LogP contribution in [-0.2, 0) is 9.53 Å². The van der Waals surface area contributed by atoms with Crippen LogP contribution in [0.3, 0.4) is 0 Å². The fourth-order valence-electron chi connectivity index (χ4n) is 3.06. The Hall–Kier alpha value is -1.29. The topological polar surface area (TPSA) is 79.1 Å². The molecule has 1 aromatic heterocycles. The van der Waals surface area contributed by atoms with Gasteiger partial charge in [-0.1, -0.05) is 0 Å². The molecule has 0 amide bonds. The summed E-state index contributed by atoms with van der Waals surface area (Å²) in [6, 6.07) is 4.19. The van der Waals surface area contributed by atoms with Crippen molar-refractivity contribution in [3.8, 4) is 0 Å². The predicted molar refractivity (Wildman–Crippen MR) is 113 cm³/mol. The minimum Gasteiger partial charge on any atom is -0.469 e. The lowest BCUT2D eigenvalue weighted by Gasteiger charge is -2.26. The number of likely N-dealkylation sites (tertiary alicyclic amines) is 1. The Morgan fingerprint density at radius 3 is 2.73 bits per heavy atom. The van der Waals surface area contributed by atoms with Crippen molar-refractivity contribution in [1.29, 1.82) is 0 Å². The van der Waals surface area contributed by atoms with Gasteiger partial charge in [0, 0.05) is 26.6 Å². The van der Waals surface area contributed by atoms with Gasteiger partial charge in [0.2, 0.25) is 0 Å². The van der Waals surface area contributed by atoms with Gasteiger partial charge in [-0.25, -0.2) is 0 Å². The SMILES string of the molecule is CN=C(NCCCCC(=O)OC)NCC(c1ccco1)N1CCCC1.I. The highest BCUT2D eigenvalue weighted by Crippen LogP contribution is 2.24. The van der Waals surface area contributed by atoms with E-state index in [9.17, 15) is 4.79 Å². The number of aliphatic imine (C=N–C) groups is 1. The van der Waals surface area contributed by atoms with E-state index in [-0.39, 0.29) is 36.0 Å². The zero-order chi connectivity index (χ0) is 17.9. The molecule has 2 rings (SSSR count). The normalized spacial score (nSPS) is 16.0. The number of unbranched alkanes of at least 4 members (excludes halogenated alkanes) is 1. The highest BCUT2D eigenvalue weighted by atomic mass is 127. The maximum atomic E-state index is 11.1. The third-order valence-corrected chi connectivity index (χ3v) is 4.47. The summed E-state index contributed by atoms with van der Waals surface area (Å²) in [6.07, 6.45) is 6.37. The van der Waals surface area contributed by atoms with Gasteiger partial charge in [-0.05, 0) is 50.9 Å². The number of furan rings is 1. The highest BCUT2D eigenvalue weighted by molar-refractivity contribution is 14.0. The molecule has 1 fully saturated rings. The molecule has 1 aromatic rings. The first-order valence-corrected chi connectivity index (χ1v) is 9.03. The maximum absolute atomic E-state index is 11.1. The average Bonchev–Trinajstić information content (AvgIpc) is 3.34. The van der Waals surface area contributed by atoms with Crippen molar-refractivity contribution in [2.45, 2.75) is 38.1 Å². The Morgan fingerprint density at radius 1 is 1.35 bits per heavy atom. The molecule has 0 aromatic carbocycles. The van der Waals surface area contributed by atoms with Crippen LogP contribution in [0.1, 0.15) is 43.9 Å². The first kappa shape index (κ1) is 22.8. The van der Waals surface area contributed by atoms with Crippen molar-refractivity contribution >= 4 is 35.9 Å². The Balaban J connectivity index is 0.00000338. The average molecular weight is 478 g/mol. The number of guanidine groups is 1. The highest BCUT2D eigenvalue weighted by Gasteiger charge is 2.25. The van der Waals surface area contributed by atoms with E-state index >= 15 is 0 Å². The van der Waals surface area contributed by atoms with Crippen LogP contribution in [0.15, 0.2) is 27.8 Å². The van der Waals surface area contributed by atoms with E-state index in [4.69, 9.17) is 4.42 Å². The summed E-state index contributed by atoms with van der Waals surface area (Å²) >= 11 is 0. The summed E-state index contributed by atoms with van der Waals surface area (Å²) in [6.45, 7) is 3.72. The molecule has 0 bridgehead atoms. The number of ether oxygens (including phenoxy) is 1. The third-order valence-electron chi connectivity index (χ3n) is 4.47. The molecule has 2 N–H and O–H groups in total. The molecule has 0 radical (unpaired) electrons. The summed E-state index contributed by atoms with van der Waals surface area (Å²) in [7, 11) is 3.18. The van der Waals surface area contributed by atoms with Gasteiger partial charge in [0.05, 0.1) is 19.4 Å². The van der Waals surface area contributed by atoms with Gasteiger partial charge in [0.15, 0.2) is 5.96 Å². The Morgan fingerprint density at radius 2 is 2.12 bits per heavy atom. The largest absolute Gasteiger partial charge is 0.469 e. The van der Waals surface area contributed by atoms with E-state index in [2.05, 4.69) is 25.3 Å². The van der Waals surface area contributed by atoms with E-state index in [1.165, 1.54) is 20.0 Å². The zero-order valence-corrected chi connectivity index (χ0v) is 18.0. The minimum absolute atomic E-state index is 0. The number of hydrogen-bond donors (Lipinski definition) is 2. The number of carbonyl (C=O) groups excluding carboxylic acids is 1. The predicted octanol–water partition coefficient (Wildman–Crippen LogP) is 2.54. The molecule has 0 spiro atoms. The number of methoxy groups -OCH3 is 1. The van der Waals surface area contributed by atoms with Crippen LogP contribution in [0, 0.1) is 0 Å². The van der Waals surface area contributed by atoms with Gasteiger partial charge >= 0.3 is 5.97 Å². The van der Waals surface area contributed by atoms with Gasteiger partial charge in [-0.15, -0.1) is 24.0 Å². The third kappa shape index (κ3) is 7.53. The van der Waals surface area contributed by atoms with Crippen molar-refractivity contribution in [3.05, 3.63) is 24.2 Å². The Bertz CT molecular complexity index is 531. The number of hydrogen-bond acceptors (Lipinski definition) is 5. The smallest absolute Gasteiger partial charge is 0.305 e. The second-order valence-corrected chi connectivity index (χ2v) is 6.19.